The summed E-state index contributed by atoms with van der Waals surface area (Å²) in [6, 6.07) is 1.70. The standard InChI is InChI=1S/C11H13NO2S/c1-8(13)9-6-10(15-7-9)11(14)12-4-2-3-5-12/h6-7H,2-5H2,1H3. The number of carbonyl (C=O) groups excluding carboxylic acids is 2. The number of rotatable bonds is 2. The molecule has 0 atom stereocenters. The molecule has 0 saturated carbocycles. The van der Waals surface area contributed by atoms with E-state index in [0.717, 1.165) is 25.9 Å². The van der Waals surface area contributed by atoms with Gasteiger partial charge in [-0.15, -0.1) is 11.3 Å². The van der Waals surface area contributed by atoms with Crippen LogP contribution < -0.4 is 0 Å². The van der Waals surface area contributed by atoms with Gasteiger partial charge in [-0.3, -0.25) is 9.59 Å². The molecule has 0 radical (unpaired) electrons. The molecule has 0 aromatic carbocycles. The summed E-state index contributed by atoms with van der Waals surface area (Å²) in [5.74, 6) is 0.0942. The maximum absolute atomic E-state index is 11.9. The number of Topliss-reactive ketones (excluding diaryl/α,β-unsaturated/α-hetero) is 1. The number of hydrogen-bond acceptors (Lipinski definition) is 3. The molecule has 1 aliphatic rings. The molecular weight excluding hydrogens is 210 g/mol. The fourth-order valence-corrected chi connectivity index (χ4v) is 2.62. The second-order valence-corrected chi connectivity index (χ2v) is 4.67. The molecule has 4 heteroatoms. The topological polar surface area (TPSA) is 37.4 Å². The van der Waals surface area contributed by atoms with Gasteiger partial charge in [0.2, 0.25) is 0 Å². The molecule has 0 aliphatic carbocycles. The Balaban J connectivity index is 2.14. The Hall–Kier alpha value is -1.16. The van der Waals surface area contributed by atoms with Crippen LogP contribution in [0.4, 0.5) is 0 Å². The van der Waals surface area contributed by atoms with Crippen LogP contribution in [-0.2, 0) is 0 Å². The number of ketones is 1. The largest absolute Gasteiger partial charge is 0.338 e. The van der Waals surface area contributed by atoms with Gasteiger partial charge in [-0.2, -0.15) is 0 Å². The predicted molar refractivity (Wildman–Crippen MR) is 59.5 cm³/mol. The number of nitrogens with zero attached hydrogens (tertiary/aromatic N) is 1. The monoisotopic (exact) mass is 223 g/mol. The zero-order chi connectivity index (χ0) is 10.8. The average Bonchev–Trinajstić information content (AvgIpc) is 2.88. The molecule has 0 N–H and O–H groups in total. The van der Waals surface area contributed by atoms with Crippen LogP contribution in [0.3, 0.4) is 0 Å². The molecule has 2 rings (SSSR count). The van der Waals surface area contributed by atoms with Crippen LogP contribution in [0.2, 0.25) is 0 Å². The van der Waals surface area contributed by atoms with Crippen molar-refractivity contribution >= 4 is 23.0 Å². The van der Waals surface area contributed by atoms with E-state index >= 15 is 0 Å². The maximum atomic E-state index is 11.9. The Kier molecular flexibility index (Phi) is 2.86. The number of amides is 1. The summed E-state index contributed by atoms with van der Waals surface area (Å²) in [5, 5.41) is 1.76. The van der Waals surface area contributed by atoms with Crippen molar-refractivity contribution in [3.63, 3.8) is 0 Å². The summed E-state index contributed by atoms with van der Waals surface area (Å²) in [4.78, 5) is 25.5. The van der Waals surface area contributed by atoms with Gasteiger partial charge in [-0.05, 0) is 25.8 Å². The first kappa shape index (κ1) is 10.4. The smallest absolute Gasteiger partial charge is 0.263 e. The van der Waals surface area contributed by atoms with E-state index in [1.807, 2.05) is 4.90 Å². The highest BCUT2D eigenvalue weighted by molar-refractivity contribution is 7.12. The molecule has 0 spiro atoms. The first-order valence-corrected chi connectivity index (χ1v) is 5.95. The van der Waals surface area contributed by atoms with E-state index < -0.39 is 0 Å². The summed E-state index contributed by atoms with van der Waals surface area (Å²) >= 11 is 1.36. The molecule has 1 saturated heterocycles. The van der Waals surface area contributed by atoms with E-state index in [1.165, 1.54) is 18.3 Å². The van der Waals surface area contributed by atoms with E-state index in [9.17, 15) is 9.59 Å². The van der Waals surface area contributed by atoms with Crippen LogP contribution in [0.25, 0.3) is 0 Å². The zero-order valence-electron chi connectivity index (χ0n) is 8.66. The van der Waals surface area contributed by atoms with Crippen molar-refractivity contribution in [3.8, 4) is 0 Å². The van der Waals surface area contributed by atoms with Crippen molar-refractivity contribution in [1.29, 1.82) is 0 Å². The van der Waals surface area contributed by atoms with Gasteiger partial charge in [0.05, 0.1) is 4.88 Å². The lowest BCUT2D eigenvalue weighted by molar-refractivity contribution is 0.0797. The second-order valence-electron chi connectivity index (χ2n) is 3.76. The fourth-order valence-electron chi connectivity index (χ4n) is 1.71. The fraction of sp³-hybridized carbons (Fsp3) is 0.455. The minimum absolute atomic E-state index is 0.0201. The molecule has 2 heterocycles. The second kappa shape index (κ2) is 4.14. The predicted octanol–water partition coefficient (Wildman–Crippen LogP) is 2.19. The lowest BCUT2D eigenvalue weighted by atomic mass is 10.2. The van der Waals surface area contributed by atoms with E-state index in [4.69, 9.17) is 0 Å². The quantitative estimate of drug-likeness (QED) is 0.721. The summed E-state index contributed by atoms with van der Waals surface area (Å²) in [5.41, 5.74) is 0.641. The van der Waals surface area contributed by atoms with Gasteiger partial charge in [0.15, 0.2) is 5.78 Å². The van der Waals surface area contributed by atoms with Crippen molar-refractivity contribution in [1.82, 2.24) is 4.90 Å². The van der Waals surface area contributed by atoms with E-state index in [1.54, 1.807) is 11.4 Å². The van der Waals surface area contributed by atoms with Crippen LogP contribution >= 0.6 is 11.3 Å². The summed E-state index contributed by atoms with van der Waals surface area (Å²) < 4.78 is 0. The third-order valence-corrected chi connectivity index (χ3v) is 3.53. The summed E-state index contributed by atoms with van der Waals surface area (Å²) in [6.07, 6.45) is 2.19. The number of hydrogen-bond donors (Lipinski definition) is 0. The van der Waals surface area contributed by atoms with Crippen LogP contribution in [-0.4, -0.2) is 29.7 Å². The molecular formula is C11H13NO2S. The van der Waals surface area contributed by atoms with Crippen molar-refractivity contribution in [2.75, 3.05) is 13.1 Å². The van der Waals surface area contributed by atoms with Crippen LogP contribution in [0.15, 0.2) is 11.4 Å². The summed E-state index contributed by atoms with van der Waals surface area (Å²) in [7, 11) is 0. The average molecular weight is 223 g/mol. The van der Waals surface area contributed by atoms with Gasteiger partial charge < -0.3 is 4.90 Å². The van der Waals surface area contributed by atoms with E-state index in [-0.39, 0.29) is 11.7 Å². The highest BCUT2D eigenvalue weighted by Gasteiger charge is 2.21. The van der Waals surface area contributed by atoms with Crippen molar-refractivity contribution in [3.05, 3.63) is 21.9 Å². The van der Waals surface area contributed by atoms with Crippen LogP contribution in [0, 0.1) is 0 Å². The zero-order valence-corrected chi connectivity index (χ0v) is 9.47. The number of likely N-dealkylation sites (tertiary alicyclic amines) is 1. The Bertz CT molecular complexity index is 391. The Morgan fingerprint density at radius 1 is 1.33 bits per heavy atom. The summed E-state index contributed by atoms with van der Waals surface area (Å²) in [6.45, 7) is 3.23. The Labute approximate surface area is 92.7 Å². The van der Waals surface area contributed by atoms with Crippen LogP contribution in [0.1, 0.15) is 39.8 Å². The highest BCUT2D eigenvalue weighted by Crippen LogP contribution is 2.19. The number of thiophene rings is 1. The highest BCUT2D eigenvalue weighted by atomic mass is 32.1. The first-order valence-electron chi connectivity index (χ1n) is 5.07. The van der Waals surface area contributed by atoms with Gasteiger partial charge in [0.1, 0.15) is 0 Å². The molecule has 80 valence electrons. The van der Waals surface area contributed by atoms with Gasteiger partial charge in [0.25, 0.3) is 5.91 Å². The van der Waals surface area contributed by atoms with E-state index in [0.29, 0.717) is 10.4 Å². The molecule has 1 aliphatic heterocycles. The van der Waals surface area contributed by atoms with E-state index in [2.05, 4.69) is 0 Å². The molecule has 1 amide bonds. The molecule has 1 aromatic rings. The molecule has 0 bridgehead atoms. The third kappa shape index (κ3) is 2.09. The first-order chi connectivity index (χ1) is 7.18. The van der Waals surface area contributed by atoms with Gasteiger partial charge in [-0.25, -0.2) is 0 Å². The maximum Gasteiger partial charge on any atom is 0.263 e. The normalized spacial score (nSPS) is 15.7. The van der Waals surface area contributed by atoms with Crippen LogP contribution in [0.5, 0.6) is 0 Å². The lowest BCUT2D eigenvalue weighted by Crippen LogP contribution is -2.26. The lowest BCUT2D eigenvalue weighted by Gasteiger charge is -2.13. The molecule has 0 unspecified atom stereocenters. The minimum Gasteiger partial charge on any atom is -0.338 e. The Morgan fingerprint density at radius 3 is 2.53 bits per heavy atom. The van der Waals surface area contributed by atoms with Gasteiger partial charge >= 0.3 is 0 Å². The molecule has 1 aromatic heterocycles. The van der Waals surface area contributed by atoms with Gasteiger partial charge in [-0.1, -0.05) is 0 Å². The minimum atomic E-state index is 0.0201. The number of carbonyl (C=O) groups is 2. The molecule has 1 fully saturated rings. The van der Waals surface area contributed by atoms with Crippen molar-refractivity contribution < 1.29 is 9.59 Å². The molecule has 15 heavy (non-hydrogen) atoms. The van der Waals surface area contributed by atoms with Crippen molar-refractivity contribution in [2.24, 2.45) is 0 Å². The van der Waals surface area contributed by atoms with Gasteiger partial charge in [0, 0.05) is 24.0 Å². The SMILES string of the molecule is CC(=O)c1csc(C(=O)N2CCCC2)c1. The third-order valence-electron chi connectivity index (χ3n) is 2.61. The Morgan fingerprint density at radius 2 is 2.00 bits per heavy atom. The molecule has 3 nitrogen and oxygen atoms in total. The van der Waals surface area contributed by atoms with Crippen molar-refractivity contribution in [2.45, 2.75) is 19.8 Å².